The van der Waals surface area contributed by atoms with Crippen LogP contribution in [-0.2, 0) is 17.9 Å². The summed E-state index contributed by atoms with van der Waals surface area (Å²) in [6.07, 6.45) is 4.46. The molecule has 0 atom stereocenters. The number of carbonyl (C=O) groups is 2. The number of hydrogen-bond donors (Lipinski definition) is 3. The first-order valence-electron chi connectivity index (χ1n) is 12.2. The summed E-state index contributed by atoms with van der Waals surface area (Å²) in [6, 6.07) is 7.80. The zero-order valence-corrected chi connectivity index (χ0v) is 22.7. The first kappa shape index (κ1) is 28.5. The van der Waals surface area contributed by atoms with Gasteiger partial charge in [-0.05, 0) is 49.7 Å². The van der Waals surface area contributed by atoms with Gasteiger partial charge < -0.3 is 20.3 Å². The van der Waals surface area contributed by atoms with Crippen LogP contribution in [0.4, 0.5) is 20.3 Å². The lowest BCUT2D eigenvalue weighted by atomic mass is 10.1. The Labute approximate surface area is 233 Å². The topological polar surface area (TPSA) is 130 Å². The maximum absolute atomic E-state index is 13.2. The molecule has 11 nitrogen and oxygen atoms in total. The number of aromatic amines is 1. The predicted octanol–water partition coefficient (Wildman–Crippen LogP) is 4.57. The van der Waals surface area contributed by atoms with E-state index >= 15 is 0 Å². The van der Waals surface area contributed by atoms with Crippen LogP contribution in [0.2, 0.25) is 5.02 Å². The molecule has 0 saturated carbocycles. The number of halogens is 3. The van der Waals surface area contributed by atoms with Gasteiger partial charge in [-0.1, -0.05) is 11.6 Å². The van der Waals surface area contributed by atoms with Crippen LogP contribution in [-0.4, -0.2) is 61.9 Å². The summed E-state index contributed by atoms with van der Waals surface area (Å²) in [4.78, 5) is 32.1. The van der Waals surface area contributed by atoms with Crippen molar-refractivity contribution in [1.29, 1.82) is 0 Å². The van der Waals surface area contributed by atoms with E-state index in [-0.39, 0.29) is 45.7 Å². The van der Waals surface area contributed by atoms with Gasteiger partial charge in [0.15, 0.2) is 0 Å². The molecule has 2 amide bonds. The number of aryl methyl sites for hydroxylation is 1. The van der Waals surface area contributed by atoms with Crippen LogP contribution in [0.5, 0.6) is 5.75 Å². The van der Waals surface area contributed by atoms with Crippen LogP contribution in [0.3, 0.4) is 0 Å². The molecule has 1 aromatic carbocycles. The highest BCUT2D eigenvalue weighted by Gasteiger charge is 2.23. The van der Waals surface area contributed by atoms with E-state index in [1.807, 2.05) is 26.0 Å². The SMILES string of the molecule is CCN(Cc1ccnc(C)c1)C(=O)Cn1cc(NC(=O)c2cn[nH]c2NC)c(-c2cc(Cl)ccc2OC(F)F)n1. The molecular weight excluding hydrogens is 546 g/mol. The van der Waals surface area contributed by atoms with Crippen LogP contribution in [0.25, 0.3) is 11.3 Å². The van der Waals surface area contributed by atoms with E-state index in [2.05, 4.69) is 35.7 Å². The average Bonchev–Trinajstić information content (AvgIpc) is 3.55. The Morgan fingerprint density at radius 2 is 2.05 bits per heavy atom. The molecule has 0 radical (unpaired) electrons. The van der Waals surface area contributed by atoms with Gasteiger partial charge in [0.2, 0.25) is 5.91 Å². The Kier molecular flexibility index (Phi) is 8.94. The Bertz CT molecular complexity index is 1510. The van der Waals surface area contributed by atoms with E-state index in [1.54, 1.807) is 18.1 Å². The van der Waals surface area contributed by atoms with Crippen LogP contribution in [0.1, 0.15) is 28.5 Å². The number of aromatic nitrogens is 5. The van der Waals surface area contributed by atoms with Crippen molar-refractivity contribution in [3.05, 3.63) is 70.8 Å². The third-order valence-electron chi connectivity index (χ3n) is 5.92. The molecule has 0 aliphatic rings. The van der Waals surface area contributed by atoms with Gasteiger partial charge >= 0.3 is 6.61 Å². The van der Waals surface area contributed by atoms with Gasteiger partial charge in [-0.2, -0.15) is 19.0 Å². The predicted molar refractivity (Wildman–Crippen MR) is 145 cm³/mol. The number of rotatable bonds is 11. The molecule has 3 aromatic heterocycles. The van der Waals surface area contributed by atoms with E-state index in [0.717, 1.165) is 11.3 Å². The number of likely N-dealkylation sites (N-methyl/N-ethyl adjacent to an activating group) is 1. The fraction of sp³-hybridized carbons (Fsp3) is 0.269. The lowest BCUT2D eigenvalue weighted by Gasteiger charge is -2.21. The fourth-order valence-corrected chi connectivity index (χ4v) is 4.23. The highest BCUT2D eigenvalue weighted by Crippen LogP contribution is 2.37. The maximum atomic E-state index is 13.2. The van der Waals surface area contributed by atoms with E-state index < -0.39 is 12.5 Å². The number of anilines is 2. The van der Waals surface area contributed by atoms with Crippen molar-refractivity contribution >= 4 is 34.9 Å². The quantitative estimate of drug-likeness (QED) is 0.240. The molecule has 0 saturated heterocycles. The molecule has 3 heterocycles. The number of carbonyl (C=O) groups excluding carboxylic acids is 2. The number of nitrogens with zero attached hydrogens (tertiary/aromatic N) is 5. The van der Waals surface area contributed by atoms with Gasteiger partial charge in [0.1, 0.15) is 29.4 Å². The number of hydrogen-bond acceptors (Lipinski definition) is 7. The van der Waals surface area contributed by atoms with Gasteiger partial charge in [0, 0.05) is 48.8 Å². The molecule has 4 aromatic rings. The zero-order valence-electron chi connectivity index (χ0n) is 21.9. The van der Waals surface area contributed by atoms with Crippen molar-refractivity contribution < 1.29 is 23.1 Å². The normalized spacial score (nSPS) is 11.0. The van der Waals surface area contributed by atoms with Gasteiger partial charge in [-0.15, -0.1) is 0 Å². The van der Waals surface area contributed by atoms with Crippen molar-refractivity contribution in [3.63, 3.8) is 0 Å². The van der Waals surface area contributed by atoms with E-state index in [0.29, 0.717) is 18.9 Å². The van der Waals surface area contributed by atoms with Gasteiger partial charge in [-0.25, -0.2) is 0 Å². The van der Waals surface area contributed by atoms with Gasteiger partial charge in [-0.3, -0.25) is 24.4 Å². The minimum Gasteiger partial charge on any atom is -0.434 e. The number of ether oxygens (including phenoxy) is 1. The smallest absolute Gasteiger partial charge is 0.387 e. The van der Waals surface area contributed by atoms with Crippen molar-refractivity contribution in [2.45, 2.75) is 33.5 Å². The molecule has 14 heteroatoms. The van der Waals surface area contributed by atoms with Crippen molar-refractivity contribution in [2.24, 2.45) is 0 Å². The fourth-order valence-electron chi connectivity index (χ4n) is 4.06. The van der Waals surface area contributed by atoms with Gasteiger partial charge in [0.05, 0.1) is 11.9 Å². The number of H-pyrrole nitrogens is 1. The molecule has 0 aliphatic heterocycles. The third kappa shape index (κ3) is 6.72. The maximum Gasteiger partial charge on any atom is 0.387 e. The van der Waals surface area contributed by atoms with Crippen molar-refractivity contribution in [3.8, 4) is 17.0 Å². The lowest BCUT2D eigenvalue weighted by molar-refractivity contribution is -0.132. The molecule has 0 bridgehead atoms. The Morgan fingerprint density at radius 1 is 1.25 bits per heavy atom. The summed E-state index contributed by atoms with van der Waals surface area (Å²) in [5.41, 5.74) is 2.30. The van der Waals surface area contributed by atoms with Gasteiger partial charge in [0.25, 0.3) is 5.91 Å². The van der Waals surface area contributed by atoms with Crippen molar-refractivity contribution in [2.75, 3.05) is 24.2 Å². The highest BCUT2D eigenvalue weighted by atomic mass is 35.5. The molecule has 0 aliphatic carbocycles. The molecular formula is C26H27ClF2N8O3. The Hall–Kier alpha value is -4.52. The number of alkyl halides is 2. The number of benzene rings is 1. The van der Waals surface area contributed by atoms with E-state index in [9.17, 15) is 18.4 Å². The van der Waals surface area contributed by atoms with Crippen LogP contribution in [0.15, 0.2) is 48.9 Å². The van der Waals surface area contributed by atoms with E-state index in [4.69, 9.17) is 11.6 Å². The second-order valence-corrected chi connectivity index (χ2v) is 9.12. The Balaban J connectivity index is 1.68. The highest BCUT2D eigenvalue weighted by molar-refractivity contribution is 6.31. The summed E-state index contributed by atoms with van der Waals surface area (Å²) in [5, 5.41) is 16.8. The number of nitrogens with one attached hydrogen (secondary N) is 3. The third-order valence-corrected chi connectivity index (χ3v) is 6.16. The second-order valence-electron chi connectivity index (χ2n) is 8.68. The molecule has 40 heavy (non-hydrogen) atoms. The largest absolute Gasteiger partial charge is 0.434 e. The van der Waals surface area contributed by atoms with Crippen LogP contribution < -0.4 is 15.4 Å². The molecule has 4 rings (SSSR count). The average molecular weight is 573 g/mol. The zero-order chi connectivity index (χ0) is 28.8. The molecule has 210 valence electrons. The molecule has 0 unspecified atom stereocenters. The number of amides is 2. The van der Waals surface area contributed by atoms with Crippen LogP contribution in [0, 0.1) is 6.92 Å². The summed E-state index contributed by atoms with van der Waals surface area (Å²) in [5.74, 6) is -0.622. The summed E-state index contributed by atoms with van der Waals surface area (Å²) in [7, 11) is 1.62. The molecule has 3 N–H and O–H groups in total. The minimum atomic E-state index is -3.11. The summed E-state index contributed by atoms with van der Waals surface area (Å²) < 4.78 is 32.4. The molecule has 0 spiro atoms. The monoisotopic (exact) mass is 572 g/mol. The Morgan fingerprint density at radius 3 is 2.75 bits per heavy atom. The number of pyridine rings is 1. The van der Waals surface area contributed by atoms with Crippen LogP contribution >= 0.6 is 11.6 Å². The molecule has 0 fully saturated rings. The summed E-state index contributed by atoms with van der Waals surface area (Å²) >= 11 is 6.17. The second kappa shape index (κ2) is 12.6. The lowest BCUT2D eigenvalue weighted by Crippen LogP contribution is -2.33. The standard InChI is InChI=1S/C26H27ClF2N8O3/c1-4-36(12-16-7-8-31-15(2)9-16)22(38)14-37-13-20(33-25(39)19-11-32-34-24(19)30-3)23(35-37)18-10-17(27)5-6-21(18)40-26(28)29/h5-11,13,26H,4,12,14H2,1-3H3,(H,33,39)(H2,30,32,34). The summed E-state index contributed by atoms with van der Waals surface area (Å²) in [6.45, 7) is 1.24. The minimum absolute atomic E-state index is 0.0848. The first-order chi connectivity index (χ1) is 19.2. The van der Waals surface area contributed by atoms with Crippen molar-refractivity contribution in [1.82, 2.24) is 29.9 Å². The first-order valence-corrected chi connectivity index (χ1v) is 12.6. The van der Waals surface area contributed by atoms with E-state index in [1.165, 1.54) is 35.3 Å².